The summed E-state index contributed by atoms with van der Waals surface area (Å²) in [6, 6.07) is 0. The first-order chi connectivity index (χ1) is 16.3. The van der Waals surface area contributed by atoms with Crippen molar-refractivity contribution in [1.29, 1.82) is 0 Å². The van der Waals surface area contributed by atoms with Crippen LogP contribution in [0.15, 0.2) is 59.3 Å². The van der Waals surface area contributed by atoms with E-state index in [1.165, 1.54) is 16.7 Å². The molecule has 0 spiro atoms. The fourth-order valence-electron chi connectivity index (χ4n) is 3.15. The molecule has 0 aromatic carbocycles. The molecule has 0 aliphatic heterocycles. The van der Waals surface area contributed by atoms with Crippen LogP contribution in [0.5, 0.6) is 0 Å². The molecule has 0 amide bonds. The van der Waals surface area contributed by atoms with Crippen molar-refractivity contribution in [3.63, 3.8) is 0 Å². The molecule has 0 aliphatic rings. The average molecular weight is 511 g/mol. The van der Waals surface area contributed by atoms with Gasteiger partial charge in [0, 0.05) is 0 Å². The molecule has 0 heterocycles. The summed E-state index contributed by atoms with van der Waals surface area (Å²) in [6.45, 7) is 16.8. The lowest BCUT2D eigenvalue weighted by molar-refractivity contribution is -0.151. The van der Waals surface area contributed by atoms with E-state index < -0.39 is 26.9 Å². The number of allylic oxidation sites excluding steroid dienone is 8. The van der Waals surface area contributed by atoms with Crippen LogP contribution in [0.4, 0.5) is 0 Å². The van der Waals surface area contributed by atoms with E-state index in [9.17, 15) is 9.36 Å². The third-order valence-electron chi connectivity index (χ3n) is 5.59. The van der Waals surface area contributed by atoms with E-state index in [0.717, 1.165) is 50.5 Å². The van der Waals surface area contributed by atoms with E-state index in [1.807, 2.05) is 13.0 Å². The molecule has 0 rings (SSSR count). The molecular formula is C28H47O6P. The number of aliphatic carboxylic acids is 1. The van der Waals surface area contributed by atoms with Crippen LogP contribution in [0.3, 0.4) is 0 Å². The number of hydrogen-bond acceptors (Lipinski definition) is 4. The average Bonchev–Trinajstić information content (AvgIpc) is 2.75. The van der Waals surface area contributed by atoms with Crippen LogP contribution < -0.4 is 0 Å². The van der Waals surface area contributed by atoms with E-state index >= 15 is 0 Å². The molecule has 0 aromatic heterocycles. The standard InChI is InChI=1S/C28H47O6P/c1-22(2)11-10-13-23(3)14-15-25(5)16-19-28(6,7)18-9-8-12-24(4)17-20-33-26(27(29)30)21-34-35(31)32/h9,11,14,17-18,26,35H,5,8,10,12-13,15-16,19-21H2,1-4,6-7H3,(H,29,30)(H,31,32)/b18-9+,23-14+,24-17-/t26-/m1/s1. The number of carboxylic acids is 1. The van der Waals surface area contributed by atoms with Gasteiger partial charge in [0.1, 0.15) is 0 Å². The lowest BCUT2D eigenvalue weighted by Crippen LogP contribution is -2.28. The van der Waals surface area contributed by atoms with Gasteiger partial charge in [0.15, 0.2) is 6.10 Å². The zero-order valence-corrected chi connectivity index (χ0v) is 23.6. The molecule has 0 bridgehead atoms. The van der Waals surface area contributed by atoms with Crippen molar-refractivity contribution in [2.75, 3.05) is 13.2 Å². The second-order valence-corrected chi connectivity index (χ2v) is 10.9. The zero-order chi connectivity index (χ0) is 26.9. The summed E-state index contributed by atoms with van der Waals surface area (Å²) < 4.78 is 20.3. The van der Waals surface area contributed by atoms with Crippen LogP contribution >= 0.6 is 8.25 Å². The number of carboxylic acid groups (broad SMARTS) is 1. The fourth-order valence-corrected chi connectivity index (χ4v) is 3.45. The van der Waals surface area contributed by atoms with Crippen molar-refractivity contribution < 1.29 is 28.6 Å². The molecule has 0 aromatic rings. The maximum Gasteiger partial charge on any atom is 0.335 e. The van der Waals surface area contributed by atoms with Crippen LogP contribution in [-0.2, 0) is 18.6 Å². The largest absolute Gasteiger partial charge is 0.479 e. The summed E-state index contributed by atoms with van der Waals surface area (Å²) in [5.41, 5.74) is 5.24. The van der Waals surface area contributed by atoms with Crippen molar-refractivity contribution in [1.82, 2.24) is 0 Å². The van der Waals surface area contributed by atoms with Crippen molar-refractivity contribution in [3.05, 3.63) is 59.3 Å². The summed E-state index contributed by atoms with van der Waals surface area (Å²) in [7, 11) is -3.18. The highest BCUT2D eigenvalue weighted by Crippen LogP contribution is 2.27. The highest BCUT2D eigenvalue weighted by molar-refractivity contribution is 7.32. The smallest absolute Gasteiger partial charge is 0.335 e. The fraction of sp³-hybridized carbons (Fsp3) is 0.607. The number of carbonyl (C=O) groups is 1. The van der Waals surface area contributed by atoms with Gasteiger partial charge in [-0.25, -0.2) is 4.79 Å². The summed E-state index contributed by atoms with van der Waals surface area (Å²) >= 11 is 0. The van der Waals surface area contributed by atoms with E-state index in [2.05, 4.69) is 70.0 Å². The first-order valence-electron chi connectivity index (χ1n) is 12.3. The van der Waals surface area contributed by atoms with Gasteiger partial charge in [-0.05, 0) is 78.1 Å². The van der Waals surface area contributed by atoms with Crippen molar-refractivity contribution in [2.24, 2.45) is 5.41 Å². The lowest BCUT2D eigenvalue weighted by atomic mass is 9.85. The predicted octanol–water partition coefficient (Wildman–Crippen LogP) is 7.58. The third kappa shape index (κ3) is 20.2. The molecule has 2 atom stereocenters. The topological polar surface area (TPSA) is 93.1 Å². The Morgan fingerprint density at radius 1 is 1.03 bits per heavy atom. The molecule has 2 N–H and O–H groups in total. The second kappa shape index (κ2) is 18.5. The van der Waals surface area contributed by atoms with Gasteiger partial charge in [-0.15, -0.1) is 0 Å². The van der Waals surface area contributed by atoms with Crippen molar-refractivity contribution in [3.8, 4) is 0 Å². The molecule has 7 heteroatoms. The van der Waals surface area contributed by atoms with Gasteiger partial charge in [0.25, 0.3) is 0 Å². The van der Waals surface area contributed by atoms with Gasteiger partial charge < -0.3 is 19.3 Å². The summed E-state index contributed by atoms with van der Waals surface area (Å²) in [6.07, 6.45) is 16.5. The molecule has 6 nitrogen and oxygen atoms in total. The highest BCUT2D eigenvalue weighted by Gasteiger charge is 2.18. The molecular weight excluding hydrogens is 463 g/mol. The number of rotatable bonds is 19. The maximum absolute atomic E-state index is 11.1. The van der Waals surface area contributed by atoms with Gasteiger partial charge in [0.05, 0.1) is 13.2 Å². The van der Waals surface area contributed by atoms with E-state index in [-0.39, 0.29) is 12.0 Å². The van der Waals surface area contributed by atoms with Crippen LogP contribution in [0.25, 0.3) is 0 Å². The minimum Gasteiger partial charge on any atom is -0.479 e. The SMILES string of the molecule is C=C(C/C=C(\C)CCC=C(C)C)CCC(C)(C)/C=C/CC/C(C)=C\CO[C@H](CO[PH](=O)O)C(=O)O. The maximum atomic E-state index is 11.1. The van der Waals surface area contributed by atoms with Gasteiger partial charge in [-0.1, -0.05) is 73.1 Å². The molecule has 0 aliphatic carbocycles. The van der Waals surface area contributed by atoms with Crippen molar-refractivity contribution >= 4 is 14.2 Å². The Labute approximate surface area is 213 Å². The molecule has 0 fully saturated rings. The second-order valence-electron chi connectivity index (χ2n) is 10.0. The Kier molecular flexibility index (Phi) is 17.6. The van der Waals surface area contributed by atoms with Crippen LogP contribution in [-0.4, -0.2) is 35.3 Å². The zero-order valence-electron chi connectivity index (χ0n) is 22.6. The quantitative estimate of drug-likeness (QED) is 0.137. The molecule has 200 valence electrons. The Bertz CT molecular complexity index is 800. The van der Waals surface area contributed by atoms with Crippen LogP contribution in [0.2, 0.25) is 0 Å². The number of hydrogen-bond donors (Lipinski definition) is 2. The Hall–Kier alpha value is -1.72. The first kappa shape index (κ1) is 33.3. The minimum atomic E-state index is -3.18. The van der Waals surface area contributed by atoms with Gasteiger partial charge in [-0.2, -0.15) is 0 Å². The third-order valence-corrected chi connectivity index (χ3v) is 6.00. The minimum absolute atomic E-state index is 0.0924. The summed E-state index contributed by atoms with van der Waals surface area (Å²) in [4.78, 5) is 19.8. The van der Waals surface area contributed by atoms with Crippen LogP contribution in [0, 0.1) is 5.41 Å². The first-order valence-corrected chi connectivity index (χ1v) is 13.6. The summed E-state index contributed by atoms with van der Waals surface area (Å²) in [5, 5.41) is 9.06. The van der Waals surface area contributed by atoms with E-state index in [4.69, 9.17) is 14.7 Å². The normalized spacial score (nSPS) is 14.7. The molecule has 0 saturated carbocycles. The lowest BCUT2D eigenvalue weighted by Gasteiger charge is -2.20. The Balaban J connectivity index is 4.34. The molecule has 1 unspecified atom stereocenters. The Morgan fingerprint density at radius 2 is 1.66 bits per heavy atom. The molecule has 0 radical (unpaired) electrons. The summed E-state index contributed by atoms with van der Waals surface area (Å²) in [5.74, 6) is -1.22. The highest BCUT2D eigenvalue weighted by atomic mass is 31.1. The molecule has 35 heavy (non-hydrogen) atoms. The Morgan fingerprint density at radius 3 is 2.26 bits per heavy atom. The van der Waals surface area contributed by atoms with Gasteiger partial charge >= 0.3 is 14.2 Å². The van der Waals surface area contributed by atoms with Crippen molar-refractivity contribution in [2.45, 2.75) is 92.6 Å². The van der Waals surface area contributed by atoms with Crippen LogP contribution in [0.1, 0.15) is 86.5 Å². The monoisotopic (exact) mass is 510 g/mol. The number of ether oxygens (including phenoxy) is 1. The van der Waals surface area contributed by atoms with Gasteiger partial charge in [-0.3, -0.25) is 4.57 Å². The predicted molar refractivity (Wildman–Crippen MR) is 146 cm³/mol. The van der Waals surface area contributed by atoms with E-state index in [0.29, 0.717) is 0 Å². The van der Waals surface area contributed by atoms with Gasteiger partial charge in [0.2, 0.25) is 0 Å². The van der Waals surface area contributed by atoms with E-state index in [1.54, 1.807) is 0 Å². The molecule has 0 saturated heterocycles.